The number of hydrogen-bond acceptors (Lipinski definition) is 4. The maximum Gasteiger partial charge on any atom is 0.416 e. The molecule has 0 aliphatic heterocycles. The summed E-state index contributed by atoms with van der Waals surface area (Å²) in [6.45, 7) is 0.405. The Morgan fingerprint density at radius 3 is 2.26 bits per heavy atom. The first-order valence-electron chi connectivity index (χ1n) is 5.66. The van der Waals surface area contributed by atoms with E-state index in [9.17, 15) is 13.2 Å². The number of alkyl halides is 3. The molecule has 0 saturated carbocycles. The maximum absolute atomic E-state index is 12.4. The van der Waals surface area contributed by atoms with E-state index in [0.717, 1.165) is 12.1 Å². The number of nitrogens with two attached hydrogens (primary N) is 1. The third kappa shape index (κ3) is 3.54. The summed E-state index contributed by atoms with van der Waals surface area (Å²) in [5.74, 6) is 0.799. The lowest BCUT2D eigenvalue weighted by Gasteiger charge is -2.06. The van der Waals surface area contributed by atoms with Crippen molar-refractivity contribution in [3.8, 4) is 0 Å². The van der Waals surface area contributed by atoms with E-state index >= 15 is 0 Å². The number of rotatable bonds is 4. The van der Waals surface area contributed by atoms with Crippen LogP contribution in [0.5, 0.6) is 0 Å². The molecule has 1 heterocycles. The Morgan fingerprint density at radius 2 is 1.68 bits per heavy atom. The van der Waals surface area contributed by atoms with E-state index in [4.69, 9.17) is 10.2 Å². The van der Waals surface area contributed by atoms with Gasteiger partial charge in [0.25, 0.3) is 0 Å². The molecular weight excluding hydrogens is 259 g/mol. The van der Waals surface area contributed by atoms with Crippen LogP contribution in [0.15, 0.2) is 28.7 Å². The zero-order valence-corrected chi connectivity index (χ0v) is 9.94. The Kier molecular flexibility index (Phi) is 3.84. The van der Waals surface area contributed by atoms with E-state index in [2.05, 4.69) is 10.2 Å². The van der Waals surface area contributed by atoms with Gasteiger partial charge in [-0.1, -0.05) is 12.1 Å². The van der Waals surface area contributed by atoms with Crippen molar-refractivity contribution in [1.29, 1.82) is 0 Å². The molecule has 7 heteroatoms. The number of hydrogen-bond donors (Lipinski definition) is 1. The fraction of sp³-hybridized carbons (Fsp3) is 0.333. The van der Waals surface area contributed by atoms with E-state index in [1.54, 1.807) is 0 Å². The third-order valence-electron chi connectivity index (χ3n) is 2.50. The van der Waals surface area contributed by atoms with Crippen molar-refractivity contribution in [2.75, 3.05) is 6.54 Å². The van der Waals surface area contributed by atoms with Crippen molar-refractivity contribution < 1.29 is 17.6 Å². The van der Waals surface area contributed by atoms with Crippen LogP contribution in [0.4, 0.5) is 13.2 Å². The third-order valence-corrected chi connectivity index (χ3v) is 2.50. The summed E-state index contributed by atoms with van der Waals surface area (Å²) in [6.07, 6.45) is -3.53. The molecule has 19 heavy (non-hydrogen) atoms. The molecule has 2 rings (SSSR count). The van der Waals surface area contributed by atoms with Gasteiger partial charge >= 0.3 is 6.18 Å². The van der Waals surface area contributed by atoms with Gasteiger partial charge in [-0.05, 0) is 17.7 Å². The second-order valence-corrected chi connectivity index (χ2v) is 4.00. The highest BCUT2D eigenvalue weighted by Gasteiger charge is 2.29. The number of halogens is 3. The van der Waals surface area contributed by atoms with Crippen LogP contribution in [-0.4, -0.2) is 16.7 Å². The lowest BCUT2D eigenvalue weighted by molar-refractivity contribution is -0.137. The summed E-state index contributed by atoms with van der Waals surface area (Å²) in [5, 5.41) is 7.59. The van der Waals surface area contributed by atoms with Crippen molar-refractivity contribution in [3.05, 3.63) is 47.2 Å². The Morgan fingerprint density at radius 1 is 1.05 bits per heavy atom. The largest absolute Gasteiger partial charge is 0.425 e. The lowest BCUT2D eigenvalue weighted by atomic mass is 10.1. The molecule has 4 nitrogen and oxygen atoms in total. The van der Waals surface area contributed by atoms with E-state index in [1.807, 2.05) is 0 Å². The molecule has 0 unspecified atom stereocenters. The second-order valence-electron chi connectivity index (χ2n) is 4.00. The minimum absolute atomic E-state index is 0.301. The number of nitrogens with zero attached hydrogens (tertiary/aromatic N) is 2. The second kappa shape index (κ2) is 5.40. The number of benzene rings is 1. The molecule has 0 fully saturated rings. The normalized spacial score (nSPS) is 11.8. The molecule has 0 saturated heterocycles. The highest BCUT2D eigenvalue weighted by Crippen LogP contribution is 2.29. The Hall–Kier alpha value is -1.89. The van der Waals surface area contributed by atoms with Crippen molar-refractivity contribution >= 4 is 0 Å². The molecule has 1 aromatic carbocycles. The average Bonchev–Trinajstić information content (AvgIpc) is 2.77. The molecule has 0 bridgehead atoms. The average molecular weight is 271 g/mol. The molecule has 1 aromatic heterocycles. The van der Waals surface area contributed by atoms with Gasteiger partial charge in [0.15, 0.2) is 0 Å². The van der Waals surface area contributed by atoms with Gasteiger partial charge in [-0.2, -0.15) is 13.2 Å². The highest BCUT2D eigenvalue weighted by atomic mass is 19.4. The summed E-state index contributed by atoms with van der Waals surface area (Å²) in [4.78, 5) is 0. The van der Waals surface area contributed by atoms with Crippen LogP contribution in [0.2, 0.25) is 0 Å². The molecule has 0 amide bonds. The molecule has 0 aliphatic rings. The zero-order chi connectivity index (χ0) is 13.9. The van der Waals surface area contributed by atoms with Crippen molar-refractivity contribution in [3.63, 3.8) is 0 Å². The van der Waals surface area contributed by atoms with Crippen molar-refractivity contribution in [2.45, 2.75) is 19.0 Å². The molecule has 2 aromatic rings. The van der Waals surface area contributed by atoms with Crippen LogP contribution >= 0.6 is 0 Å². The lowest BCUT2D eigenvalue weighted by Crippen LogP contribution is -2.04. The molecule has 2 N–H and O–H groups in total. The summed E-state index contributed by atoms with van der Waals surface area (Å²) in [5.41, 5.74) is 5.35. The van der Waals surface area contributed by atoms with Gasteiger partial charge in [0, 0.05) is 13.0 Å². The Balaban J connectivity index is 2.06. The Labute approximate surface area is 107 Å². The topological polar surface area (TPSA) is 64.9 Å². The predicted octanol–water partition coefficient (Wildman–Crippen LogP) is 2.18. The minimum atomic E-state index is -4.32. The first-order chi connectivity index (χ1) is 8.99. The van der Waals surface area contributed by atoms with Gasteiger partial charge in [-0.3, -0.25) is 0 Å². The molecule has 0 radical (unpaired) electrons. The fourth-order valence-corrected chi connectivity index (χ4v) is 1.57. The predicted molar refractivity (Wildman–Crippen MR) is 61.3 cm³/mol. The highest BCUT2D eigenvalue weighted by molar-refractivity contribution is 5.26. The quantitative estimate of drug-likeness (QED) is 0.925. The summed E-state index contributed by atoms with van der Waals surface area (Å²) in [7, 11) is 0. The molecule has 0 atom stereocenters. The summed E-state index contributed by atoms with van der Waals surface area (Å²) < 4.78 is 42.4. The van der Waals surface area contributed by atoms with Crippen LogP contribution in [0.3, 0.4) is 0 Å². The van der Waals surface area contributed by atoms with Crippen molar-refractivity contribution in [1.82, 2.24) is 10.2 Å². The van der Waals surface area contributed by atoms with Gasteiger partial charge in [0.2, 0.25) is 11.8 Å². The van der Waals surface area contributed by atoms with E-state index < -0.39 is 11.7 Å². The van der Waals surface area contributed by atoms with Gasteiger partial charge in [0.05, 0.1) is 12.0 Å². The maximum atomic E-state index is 12.4. The van der Waals surface area contributed by atoms with Crippen LogP contribution in [0, 0.1) is 0 Å². The minimum Gasteiger partial charge on any atom is -0.425 e. The van der Waals surface area contributed by atoms with Crippen LogP contribution in [0.1, 0.15) is 22.9 Å². The van der Waals surface area contributed by atoms with Gasteiger partial charge in [0.1, 0.15) is 0 Å². The van der Waals surface area contributed by atoms with Crippen LogP contribution in [-0.2, 0) is 19.0 Å². The van der Waals surface area contributed by atoms with Crippen LogP contribution < -0.4 is 5.73 Å². The first-order valence-corrected chi connectivity index (χ1v) is 5.66. The SMILES string of the molecule is NCCc1nnc(Cc2ccc(C(F)(F)F)cc2)o1. The Bertz CT molecular complexity index is 534. The summed E-state index contributed by atoms with van der Waals surface area (Å²) >= 11 is 0. The van der Waals surface area contributed by atoms with E-state index in [1.165, 1.54) is 12.1 Å². The molecular formula is C12H12F3N3O. The molecule has 0 aliphatic carbocycles. The zero-order valence-electron chi connectivity index (χ0n) is 9.94. The molecule has 0 spiro atoms. The first kappa shape index (κ1) is 13.5. The van der Waals surface area contributed by atoms with Gasteiger partial charge in [-0.25, -0.2) is 0 Å². The fourth-order valence-electron chi connectivity index (χ4n) is 1.57. The summed E-state index contributed by atoms with van der Waals surface area (Å²) in [6, 6.07) is 4.87. The number of aromatic nitrogens is 2. The standard InChI is InChI=1S/C12H12F3N3O/c13-12(14,15)9-3-1-8(2-4-9)7-11-18-17-10(19-11)5-6-16/h1-4H,5-7,16H2. The van der Waals surface area contributed by atoms with E-state index in [-0.39, 0.29) is 0 Å². The smallest absolute Gasteiger partial charge is 0.416 e. The van der Waals surface area contributed by atoms with Crippen LogP contribution in [0.25, 0.3) is 0 Å². The van der Waals surface area contributed by atoms with E-state index in [0.29, 0.717) is 36.7 Å². The van der Waals surface area contributed by atoms with Gasteiger partial charge < -0.3 is 10.2 Å². The van der Waals surface area contributed by atoms with Crippen molar-refractivity contribution in [2.24, 2.45) is 5.73 Å². The van der Waals surface area contributed by atoms with Gasteiger partial charge in [-0.15, -0.1) is 10.2 Å². The molecule has 102 valence electrons. The monoisotopic (exact) mass is 271 g/mol.